The molecule has 0 spiro atoms. The summed E-state index contributed by atoms with van der Waals surface area (Å²) in [6.45, 7) is -0.00358. The summed E-state index contributed by atoms with van der Waals surface area (Å²) in [5.74, 6) is 0.284. The van der Waals surface area contributed by atoms with Gasteiger partial charge in [0, 0.05) is 0 Å². The summed E-state index contributed by atoms with van der Waals surface area (Å²) in [7, 11) is 0. The van der Waals surface area contributed by atoms with Crippen molar-refractivity contribution in [2.45, 2.75) is 0 Å². The Morgan fingerprint density at radius 1 is 1.26 bits per heavy atom. The number of thioether (sulfide) groups is 1. The van der Waals surface area contributed by atoms with Gasteiger partial charge in [0.25, 0.3) is 11.6 Å². The first-order valence-electron chi connectivity index (χ1n) is 7.63. The number of ether oxygens (including phenoxy) is 2. The fourth-order valence-electron chi connectivity index (χ4n) is 2.49. The fourth-order valence-corrected chi connectivity index (χ4v) is 3.50. The third-order valence-electron chi connectivity index (χ3n) is 3.73. The number of amides is 1. The predicted octanol–water partition coefficient (Wildman–Crippen LogP) is 3.87. The van der Waals surface area contributed by atoms with E-state index in [0.717, 1.165) is 11.8 Å². The summed E-state index contributed by atoms with van der Waals surface area (Å²) >= 11 is 7.14. The van der Waals surface area contributed by atoms with Crippen LogP contribution in [0.2, 0.25) is 5.02 Å². The minimum Gasteiger partial charge on any atom is -0.454 e. The van der Waals surface area contributed by atoms with Crippen LogP contribution in [0.25, 0.3) is 6.08 Å². The largest absolute Gasteiger partial charge is 0.454 e. The number of aliphatic imine (C=N–C) groups is 1. The Bertz CT molecular complexity index is 1040. The maximum Gasteiger partial charge on any atom is 0.280 e. The van der Waals surface area contributed by atoms with E-state index >= 15 is 0 Å². The van der Waals surface area contributed by atoms with E-state index in [9.17, 15) is 14.9 Å². The molecular formula is C17H10ClN3O5S. The van der Waals surface area contributed by atoms with E-state index in [-0.39, 0.29) is 22.9 Å². The average molecular weight is 404 g/mol. The molecule has 8 nitrogen and oxygen atoms in total. The quantitative estimate of drug-likeness (QED) is 0.474. The van der Waals surface area contributed by atoms with Crippen molar-refractivity contribution in [1.82, 2.24) is 5.32 Å². The van der Waals surface area contributed by atoms with Crippen LogP contribution in [-0.4, -0.2) is 22.8 Å². The van der Waals surface area contributed by atoms with E-state index in [2.05, 4.69) is 10.3 Å². The van der Waals surface area contributed by atoms with Crippen LogP contribution in [0, 0.1) is 10.1 Å². The number of hydrogen-bond donors (Lipinski definition) is 1. The van der Waals surface area contributed by atoms with E-state index in [1.807, 2.05) is 0 Å². The van der Waals surface area contributed by atoms with E-state index < -0.39 is 10.8 Å². The van der Waals surface area contributed by atoms with Gasteiger partial charge in [-0.3, -0.25) is 14.9 Å². The van der Waals surface area contributed by atoms with Gasteiger partial charge in [0.1, 0.15) is 0 Å². The molecule has 1 saturated heterocycles. The van der Waals surface area contributed by atoms with Crippen molar-refractivity contribution >= 4 is 51.9 Å². The summed E-state index contributed by atoms with van der Waals surface area (Å²) in [5, 5.41) is 14.8. The lowest BCUT2D eigenvalue weighted by Crippen LogP contribution is -2.19. The molecule has 27 heavy (non-hydrogen) atoms. The molecule has 2 aliphatic heterocycles. The molecule has 1 amide bonds. The molecule has 0 saturated carbocycles. The average Bonchev–Trinajstić information content (AvgIpc) is 3.22. The molecule has 1 N–H and O–H groups in total. The molecule has 2 heterocycles. The molecule has 1 fully saturated rings. The van der Waals surface area contributed by atoms with E-state index in [1.165, 1.54) is 18.2 Å². The van der Waals surface area contributed by atoms with Gasteiger partial charge in [-0.05, 0) is 36.0 Å². The number of rotatable bonds is 3. The van der Waals surface area contributed by atoms with E-state index in [0.29, 0.717) is 27.4 Å². The molecule has 0 radical (unpaired) electrons. The molecular weight excluding hydrogens is 394 g/mol. The van der Waals surface area contributed by atoms with Gasteiger partial charge in [-0.15, -0.1) is 0 Å². The zero-order chi connectivity index (χ0) is 19.0. The third-order valence-corrected chi connectivity index (χ3v) is 4.96. The maximum atomic E-state index is 12.2. The summed E-state index contributed by atoms with van der Waals surface area (Å²) < 4.78 is 10.4. The number of amidine groups is 1. The summed E-state index contributed by atoms with van der Waals surface area (Å²) in [6, 6.07) is 9.72. The van der Waals surface area contributed by atoms with Gasteiger partial charge < -0.3 is 14.8 Å². The van der Waals surface area contributed by atoms with Gasteiger partial charge in [-0.2, -0.15) is 0 Å². The standard InChI is InChI=1S/C17H10ClN3O5S/c18-10-3-1-2-4-11(10)19-17-20-16(22)15(27-17)6-9-5-13-14(26-8-25-13)7-12(9)21(23)24/h1-7H,8H2,(H,19,20,22)/b15-6+. The van der Waals surface area contributed by atoms with Gasteiger partial charge >= 0.3 is 0 Å². The number of nitro benzene ring substituents is 1. The van der Waals surface area contributed by atoms with Crippen molar-refractivity contribution < 1.29 is 19.2 Å². The zero-order valence-corrected chi connectivity index (χ0v) is 15.0. The number of benzene rings is 2. The Hall–Kier alpha value is -3.04. The Balaban J connectivity index is 1.68. The second kappa shape index (κ2) is 6.93. The zero-order valence-electron chi connectivity index (χ0n) is 13.5. The highest BCUT2D eigenvalue weighted by Crippen LogP contribution is 2.40. The number of para-hydroxylation sites is 1. The van der Waals surface area contributed by atoms with Crippen molar-refractivity contribution in [3.8, 4) is 11.5 Å². The molecule has 4 rings (SSSR count). The Morgan fingerprint density at radius 2 is 2.00 bits per heavy atom. The Labute approximate surface area is 162 Å². The Morgan fingerprint density at radius 3 is 2.74 bits per heavy atom. The first-order chi connectivity index (χ1) is 13.0. The van der Waals surface area contributed by atoms with Crippen molar-refractivity contribution in [2.24, 2.45) is 4.99 Å². The molecule has 0 bridgehead atoms. The second-order valence-electron chi connectivity index (χ2n) is 5.45. The van der Waals surface area contributed by atoms with Gasteiger partial charge in [-0.1, -0.05) is 23.7 Å². The molecule has 2 aromatic rings. The van der Waals surface area contributed by atoms with Crippen LogP contribution in [-0.2, 0) is 4.79 Å². The molecule has 2 aliphatic rings. The molecule has 0 atom stereocenters. The van der Waals surface area contributed by atoms with E-state index in [1.54, 1.807) is 24.3 Å². The lowest BCUT2D eigenvalue weighted by Gasteiger charge is -2.01. The molecule has 0 unspecified atom stereocenters. The molecule has 0 aromatic heterocycles. The molecule has 136 valence electrons. The van der Waals surface area contributed by atoms with Crippen LogP contribution < -0.4 is 14.8 Å². The van der Waals surface area contributed by atoms with Crippen LogP contribution in [0.3, 0.4) is 0 Å². The van der Waals surface area contributed by atoms with Gasteiger partial charge in [0.2, 0.25) is 6.79 Å². The lowest BCUT2D eigenvalue weighted by atomic mass is 10.1. The van der Waals surface area contributed by atoms with Crippen LogP contribution >= 0.6 is 23.4 Å². The SMILES string of the molecule is O=C1NC(=Nc2ccccc2Cl)S/C1=C/c1cc2c(cc1[N+](=O)[O-])OCO2. The third kappa shape index (κ3) is 3.46. The topological polar surface area (TPSA) is 103 Å². The summed E-state index contributed by atoms with van der Waals surface area (Å²) in [5.41, 5.74) is 0.565. The first-order valence-corrected chi connectivity index (χ1v) is 8.83. The minimum absolute atomic E-state index is 0.00358. The maximum absolute atomic E-state index is 12.2. The number of carbonyl (C=O) groups excluding carboxylic acids is 1. The highest BCUT2D eigenvalue weighted by Gasteiger charge is 2.27. The number of nitrogens with one attached hydrogen (secondary N) is 1. The summed E-state index contributed by atoms with van der Waals surface area (Å²) in [6.07, 6.45) is 1.43. The number of halogens is 1. The molecule has 10 heteroatoms. The number of hydrogen-bond acceptors (Lipinski definition) is 7. The van der Waals surface area contributed by atoms with Crippen molar-refractivity contribution in [3.63, 3.8) is 0 Å². The van der Waals surface area contributed by atoms with Crippen molar-refractivity contribution in [1.29, 1.82) is 0 Å². The lowest BCUT2D eigenvalue weighted by molar-refractivity contribution is -0.385. The highest BCUT2D eigenvalue weighted by atomic mass is 35.5. The minimum atomic E-state index is -0.537. The predicted molar refractivity (Wildman–Crippen MR) is 101 cm³/mol. The second-order valence-corrected chi connectivity index (χ2v) is 6.89. The van der Waals surface area contributed by atoms with Crippen molar-refractivity contribution in [2.75, 3.05) is 6.79 Å². The van der Waals surface area contributed by atoms with Crippen LogP contribution in [0.15, 0.2) is 46.3 Å². The molecule has 2 aromatic carbocycles. The number of nitro groups is 1. The normalized spacial score (nSPS) is 18.2. The Kier molecular flexibility index (Phi) is 4.46. The first kappa shape index (κ1) is 17.4. The van der Waals surface area contributed by atoms with Crippen LogP contribution in [0.4, 0.5) is 11.4 Å². The monoisotopic (exact) mass is 403 g/mol. The van der Waals surface area contributed by atoms with Gasteiger partial charge in [0.05, 0.1) is 32.2 Å². The molecule has 0 aliphatic carbocycles. The van der Waals surface area contributed by atoms with Crippen LogP contribution in [0.5, 0.6) is 11.5 Å². The van der Waals surface area contributed by atoms with Crippen LogP contribution in [0.1, 0.15) is 5.56 Å². The summed E-state index contributed by atoms with van der Waals surface area (Å²) in [4.78, 5) is 27.6. The number of nitrogens with zero attached hydrogens (tertiary/aromatic N) is 2. The number of fused-ring (bicyclic) bond motifs is 1. The highest BCUT2D eigenvalue weighted by molar-refractivity contribution is 8.18. The van der Waals surface area contributed by atoms with Gasteiger partial charge in [0.15, 0.2) is 16.7 Å². The number of carbonyl (C=O) groups is 1. The smallest absolute Gasteiger partial charge is 0.280 e. The van der Waals surface area contributed by atoms with E-state index in [4.69, 9.17) is 21.1 Å². The van der Waals surface area contributed by atoms with Gasteiger partial charge in [-0.25, -0.2) is 4.99 Å². The van der Waals surface area contributed by atoms with Crippen molar-refractivity contribution in [3.05, 3.63) is 62.0 Å². The fraction of sp³-hybridized carbons (Fsp3) is 0.0588.